The van der Waals surface area contributed by atoms with E-state index in [9.17, 15) is 9.59 Å². The predicted molar refractivity (Wildman–Crippen MR) is 97.9 cm³/mol. The Kier molecular flexibility index (Phi) is 3.58. The Morgan fingerprint density at radius 1 is 1.22 bits per heavy atom. The number of carbonyl (C=O) groups excluding carboxylic acids is 1. The van der Waals surface area contributed by atoms with Gasteiger partial charge in [-0.2, -0.15) is 0 Å². The van der Waals surface area contributed by atoms with Crippen LogP contribution in [-0.2, 0) is 11.8 Å². The van der Waals surface area contributed by atoms with E-state index in [4.69, 9.17) is 9.51 Å². The number of fused-ring (bicyclic) bond motifs is 2. The number of carbonyl (C=O) groups is 1. The second-order valence-electron chi connectivity index (χ2n) is 8.32. The fourth-order valence-corrected chi connectivity index (χ4v) is 4.79. The summed E-state index contributed by atoms with van der Waals surface area (Å²) in [6.07, 6.45) is 5.70. The third-order valence-corrected chi connectivity index (χ3v) is 6.61. The fraction of sp³-hybridized carbons (Fsp3) is 0.600. The van der Waals surface area contributed by atoms with Gasteiger partial charge in [-0.15, -0.1) is 0 Å². The number of hydrogen-bond acceptors (Lipinski definition) is 5. The number of aryl methyl sites for hydroxylation is 2. The van der Waals surface area contributed by atoms with Crippen LogP contribution in [0.3, 0.4) is 0 Å². The molecule has 1 amide bonds. The van der Waals surface area contributed by atoms with Crippen LogP contribution in [0.1, 0.15) is 76.9 Å². The van der Waals surface area contributed by atoms with Gasteiger partial charge in [-0.3, -0.25) is 9.59 Å². The van der Waals surface area contributed by atoms with Crippen molar-refractivity contribution in [3.63, 3.8) is 0 Å². The fourth-order valence-electron chi connectivity index (χ4n) is 4.79. The van der Waals surface area contributed by atoms with Gasteiger partial charge in [0, 0.05) is 30.0 Å². The normalized spacial score (nSPS) is 20.9. The molecule has 7 heteroatoms. The lowest BCUT2D eigenvalue weighted by Crippen LogP contribution is -2.45. The summed E-state index contributed by atoms with van der Waals surface area (Å²) in [5, 5.41) is 3.90. The van der Waals surface area contributed by atoms with Crippen LogP contribution >= 0.6 is 0 Å². The predicted octanol–water partition coefficient (Wildman–Crippen LogP) is 2.37. The Balaban J connectivity index is 1.40. The molecule has 0 radical (unpaired) electrons. The van der Waals surface area contributed by atoms with Crippen molar-refractivity contribution in [3.05, 3.63) is 44.5 Å². The van der Waals surface area contributed by atoms with E-state index in [1.54, 1.807) is 13.8 Å². The molecule has 1 saturated heterocycles. The summed E-state index contributed by atoms with van der Waals surface area (Å²) in [7, 11) is 0. The van der Waals surface area contributed by atoms with Gasteiger partial charge >= 0.3 is 0 Å². The highest BCUT2D eigenvalue weighted by Gasteiger charge is 2.45. The highest BCUT2D eigenvalue weighted by atomic mass is 16.5. The second-order valence-corrected chi connectivity index (χ2v) is 8.32. The number of likely N-dealkylation sites (tertiary alicyclic amines) is 1. The topological polar surface area (TPSA) is 92.1 Å². The lowest BCUT2D eigenvalue weighted by Gasteiger charge is -2.39. The van der Waals surface area contributed by atoms with Crippen LogP contribution in [0, 0.1) is 13.8 Å². The summed E-state index contributed by atoms with van der Waals surface area (Å²) < 4.78 is 5.16. The first-order valence-corrected chi connectivity index (χ1v) is 9.84. The van der Waals surface area contributed by atoms with Crippen molar-refractivity contribution in [2.24, 2.45) is 0 Å². The third kappa shape index (κ3) is 2.55. The Bertz CT molecular complexity index is 958. The van der Waals surface area contributed by atoms with Crippen molar-refractivity contribution in [1.82, 2.24) is 20.0 Å². The molecule has 5 rings (SSSR count). The third-order valence-electron chi connectivity index (χ3n) is 6.61. The maximum atomic E-state index is 12.9. The Hall–Kier alpha value is -2.44. The minimum Gasteiger partial charge on any atom is -0.361 e. The molecule has 3 aliphatic rings. The SMILES string of the molecule is Cc1noc(C)c1C(=O)N1CCC2(CCc3c2nc(C2CC2)[nH]c3=O)CC1. The largest absolute Gasteiger partial charge is 0.361 e. The Labute approximate surface area is 157 Å². The lowest BCUT2D eigenvalue weighted by atomic mass is 9.76. The van der Waals surface area contributed by atoms with Crippen molar-refractivity contribution in [2.45, 2.75) is 63.7 Å². The highest BCUT2D eigenvalue weighted by Crippen LogP contribution is 2.46. The van der Waals surface area contributed by atoms with E-state index in [0.29, 0.717) is 36.0 Å². The molecule has 0 aromatic carbocycles. The van der Waals surface area contributed by atoms with E-state index in [0.717, 1.165) is 55.6 Å². The summed E-state index contributed by atoms with van der Waals surface area (Å²) in [5.74, 6) is 1.87. The zero-order chi connectivity index (χ0) is 18.8. The Morgan fingerprint density at radius 3 is 2.59 bits per heavy atom. The van der Waals surface area contributed by atoms with Gasteiger partial charge in [-0.25, -0.2) is 4.98 Å². The maximum Gasteiger partial charge on any atom is 0.259 e. The average molecular weight is 368 g/mol. The summed E-state index contributed by atoms with van der Waals surface area (Å²) in [6, 6.07) is 0. The van der Waals surface area contributed by atoms with Crippen LogP contribution in [0.4, 0.5) is 0 Å². The van der Waals surface area contributed by atoms with Crippen molar-refractivity contribution >= 4 is 5.91 Å². The zero-order valence-corrected chi connectivity index (χ0v) is 15.8. The first kappa shape index (κ1) is 16.7. The van der Waals surface area contributed by atoms with Crippen molar-refractivity contribution < 1.29 is 9.32 Å². The van der Waals surface area contributed by atoms with E-state index in [-0.39, 0.29) is 16.9 Å². The number of amides is 1. The van der Waals surface area contributed by atoms with E-state index in [1.807, 2.05) is 4.90 Å². The van der Waals surface area contributed by atoms with E-state index in [1.165, 1.54) is 0 Å². The smallest absolute Gasteiger partial charge is 0.259 e. The summed E-state index contributed by atoms with van der Waals surface area (Å²) >= 11 is 0. The van der Waals surface area contributed by atoms with Gasteiger partial charge in [0.25, 0.3) is 11.5 Å². The van der Waals surface area contributed by atoms with Crippen molar-refractivity contribution in [2.75, 3.05) is 13.1 Å². The van der Waals surface area contributed by atoms with Crippen LogP contribution in [0.25, 0.3) is 0 Å². The molecule has 7 nitrogen and oxygen atoms in total. The van der Waals surface area contributed by atoms with Gasteiger partial charge in [-0.05, 0) is 52.4 Å². The molecular weight excluding hydrogens is 344 g/mol. The molecule has 2 aromatic heterocycles. The number of aromatic nitrogens is 3. The lowest BCUT2D eigenvalue weighted by molar-refractivity contribution is 0.0661. The first-order chi connectivity index (χ1) is 13.0. The van der Waals surface area contributed by atoms with Crippen LogP contribution in [0.15, 0.2) is 9.32 Å². The molecule has 1 N–H and O–H groups in total. The first-order valence-electron chi connectivity index (χ1n) is 9.84. The van der Waals surface area contributed by atoms with Gasteiger partial charge < -0.3 is 14.4 Å². The molecule has 27 heavy (non-hydrogen) atoms. The van der Waals surface area contributed by atoms with E-state index in [2.05, 4.69) is 10.1 Å². The van der Waals surface area contributed by atoms with Gasteiger partial charge in [0.2, 0.25) is 0 Å². The average Bonchev–Trinajstić information content (AvgIpc) is 3.38. The Morgan fingerprint density at radius 2 is 1.96 bits per heavy atom. The van der Waals surface area contributed by atoms with Crippen molar-refractivity contribution in [1.29, 1.82) is 0 Å². The molecule has 0 unspecified atom stereocenters. The summed E-state index contributed by atoms with van der Waals surface area (Å²) in [5.41, 5.74) is 3.10. The second kappa shape index (κ2) is 5.78. The van der Waals surface area contributed by atoms with Gasteiger partial charge in [-0.1, -0.05) is 5.16 Å². The summed E-state index contributed by atoms with van der Waals surface area (Å²) in [4.78, 5) is 35.2. The number of hydrogen-bond donors (Lipinski definition) is 1. The number of piperidine rings is 1. The molecule has 1 spiro atoms. The molecule has 2 aromatic rings. The zero-order valence-electron chi connectivity index (χ0n) is 15.8. The van der Waals surface area contributed by atoms with E-state index >= 15 is 0 Å². The van der Waals surface area contributed by atoms with Crippen LogP contribution in [0.2, 0.25) is 0 Å². The minimum atomic E-state index is -0.0528. The molecule has 142 valence electrons. The minimum absolute atomic E-state index is 0.00291. The van der Waals surface area contributed by atoms with Crippen LogP contribution in [0.5, 0.6) is 0 Å². The van der Waals surface area contributed by atoms with Crippen LogP contribution in [-0.4, -0.2) is 39.0 Å². The number of nitrogens with zero attached hydrogens (tertiary/aromatic N) is 3. The standard InChI is InChI=1S/C20H24N4O3/c1-11-15(12(2)27-23-11)19(26)24-9-7-20(8-10-24)6-5-14-16(20)21-17(13-3-4-13)22-18(14)25/h13H,3-10H2,1-2H3,(H,21,22,25). The number of rotatable bonds is 2. The van der Waals surface area contributed by atoms with Crippen LogP contribution < -0.4 is 5.56 Å². The van der Waals surface area contributed by atoms with E-state index < -0.39 is 0 Å². The van der Waals surface area contributed by atoms with Gasteiger partial charge in [0.1, 0.15) is 17.1 Å². The molecule has 3 heterocycles. The number of H-pyrrole nitrogens is 1. The number of nitrogens with one attached hydrogen (secondary N) is 1. The molecule has 0 bridgehead atoms. The molecule has 0 atom stereocenters. The molecule has 1 aliphatic heterocycles. The molecule has 1 saturated carbocycles. The molecular formula is C20H24N4O3. The van der Waals surface area contributed by atoms with Gasteiger partial charge in [0.05, 0.1) is 11.4 Å². The molecule has 2 fully saturated rings. The van der Waals surface area contributed by atoms with Gasteiger partial charge in [0.15, 0.2) is 0 Å². The van der Waals surface area contributed by atoms with Crippen molar-refractivity contribution in [3.8, 4) is 0 Å². The quantitative estimate of drug-likeness (QED) is 0.879. The monoisotopic (exact) mass is 368 g/mol. The summed E-state index contributed by atoms with van der Waals surface area (Å²) in [6.45, 7) is 4.94. The maximum absolute atomic E-state index is 12.9. The number of aromatic amines is 1. The highest BCUT2D eigenvalue weighted by molar-refractivity contribution is 5.96. The molecule has 2 aliphatic carbocycles.